The predicted octanol–water partition coefficient (Wildman–Crippen LogP) is 3.41. The van der Waals surface area contributed by atoms with Gasteiger partial charge in [-0.05, 0) is 60.9 Å². The van der Waals surface area contributed by atoms with Crippen molar-refractivity contribution in [2.45, 2.75) is 32.1 Å². The molecule has 1 aliphatic carbocycles. The van der Waals surface area contributed by atoms with Crippen LogP contribution in [-0.2, 0) is 16.0 Å². The first kappa shape index (κ1) is 19.5. The number of hydrogen-bond acceptors (Lipinski definition) is 3. The molecule has 2 aromatic carbocycles. The monoisotopic (exact) mass is 392 g/mol. The first-order valence-electron chi connectivity index (χ1n) is 10.3. The highest BCUT2D eigenvalue weighted by Crippen LogP contribution is 2.38. The van der Waals surface area contributed by atoms with E-state index in [0.717, 1.165) is 54.7 Å². The maximum atomic E-state index is 12.5. The van der Waals surface area contributed by atoms with Gasteiger partial charge in [-0.3, -0.25) is 9.59 Å². The van der Waals surface area contributed by atoms with Gasteiger partial charge in [0.15, 0.2) is 0 Å². The second kappa shape index (κ2) is 7.90. The topological polar surface area (TPSA) is 72.6 Å². The van der Waals surface area contributed by atoms with Crippen LogP contribution < -0.4 is 10.5 Å². The van der Waals surface area contributed by atoms with Gasteiger partial charge in [0.2, 0.25) is 11.8 Å². The molecule has 1 aliphatic heterocycles. The van der Waals surface area contributed by atoms with Crippen molar-refractivity contribution in [3.63, 3.8) is 0 Å². The SMILES string of the molecule is COc1ccc(-c2ccc(CC3(C(N)=O)CCCN(C(=O)C4CC4)C3)cc2)cc1. The number of nitrogens with two attached hydrogens (primary N) is 1. The van der Waals surface area contributed by atoms with Gasteiger partial charge in [-0.2, -0.15) is 0 Å². The van der Waals surface area contributed by atoms with Crippen molar-refractivity contribution in [2.24, 2.45) is 17.1 Å². The lowest BCUT2D eigenvalue weighted by Crippen LogP contribution is -2.53. The summed E-state index contributed by atoms with van der Waals surface area (Å²) in [4.78, 5) is 26.9. The lowest BCUT2D eigenvalue weighted by atomic mass is 9.74. The van der Waals surface area contributed by atoms with Crippen molar-refractivity contribution in [1.29, 1.82) is 0 Å². The van der Waals surface area contributed by atoms with E-state index in [1.807, 2.05) is 29.2 Å². The van der Waals surface area contributed by atoms with E-state index in [9.17, 15) is 9.59 Å². The molecule has 4 rings (SSSR count). The number of piperidine rings is 1. The maximum absolute atomic E-state index is 12.5. The number of hydrogen-bond donors (Lipinski definition) is 1. The van der Waals surface area contributed by atoms with Crippen molar-refractivity contribution >= 4 is 11.8 Å². The molecule has 1 unspecified atom stereocenters. The lowest BCUT2D eigenvalue weighted by molar-refractivity contribution is -0.140. The molecule has 0 spiro atoms. The second-order valence-corrected chi connectivity index (χ2v) is 8.38. The number of primary amides is 1. The molecule has 1 saturated carbocycles. The largest absolute Gasteiger partial charge is 0.497 e. The molecule has 1 heterocycles. The predicted molar refractivity (Wildman–Crippen MR) is 112 cm³/mol. The second-order valence-electron chi connectivity index (χ2n) is 8.38. The highest BCUT2D eigenvalue weighted by atomic mass is 16.5. The van der Waals surface area contributed by atoms with Crippen LogP contribution >= 0.6 is 0 Å². The molecule has 0 aromatic heterocycles. The zero-order chi connectivity index (χ0) is 20.4. The van der Waals surface area contributed by atoms with Gasteiger partial charge < -0.3 is 15.4 Å². The van der Waals surface area contributed by atoms with Gasteiger partial charge in [0.25, 0.3) is 0 Å². The summed E-state index contributed by atoms with van der Waals surface area (Å²) in [5, 5.41) is 0. The van der Waals surface area contributed by atoms with Crippen LogP contribution in [-0.4, -0.2) is 36.9 Å². The zero-order valence-electron chi connectivity index (χ0n) is 16.9. The Balaban J connectivity index is 1.50. The summed E-state index contributed by atoms with van der Waals surface area (Å²) < 4.78 is 5.21. The minimum absolute atomic E-state index is 0.169. The summed E-state index contributed by atoms with van der Waals surface area (Å²) in [5.41, 5.74) is 8.48. The summed E-state index contributed by atoms with van der Waals surface area (Å²) in [6.45, 7) is 1.18. The molecule has 0 radical (unpaired) electrons. The third-order valence-electron chi connectivity index (χ3n) is 6.26. The van der Waals surface area contributed by atoms with Crippen molar-refractivity contribution in [1.82, 2.24) is 4.90 Å². The number of nitrogens with zero attached hydrogens (tertiary/aromatic N) is 1. The summed E-state index contributed by atoms with van der Waals surface area (Å²) in [5.74, 6) is 0.897. The Morgan fingerprint density at radius 1 is 1.07 bits per heavy atom. The molecule has 0 bridgehead atoms. The zero-order valence-corrected chi connectivity index (χ0v) is 16.9. The number of carbonyl (C=O) groups excluding carboxylic acids is 2. The molecule has 5 nitrogen and oxygen atoms in total. The van der Waals surface area contributed by atoms with Crippen molar-refractivity contribution < 1.29 is 14.3 Å². The first-order valence-corrected chi connectivity index (χ1v) is 10.3. The van der Waals surface area contributed by atoms with Gasteiger partial charge in [-0.25, -0.2) is 0 Å². The number of methoxy groups -OCH3 is 1. The van der Waals surface area contributed by atoms with Crippen LogP contribution in [0.2, 0.25) is 0 Å². The van der Waals surface area contributed by atoms with Gasteiger partial charge in [0.05, 0.1) is 12.5 Å². The molecule has 1 atom stereocenters. The average molecular weight is 392 g/mol. The number of ether oxygens (including phenoxy) is 1. The Hall–Kier alpha value is -2.82. The number of carbonyl (C=O) groups is 2. The Morgan fingerprint density at radius 3 is 2.24 bits per heavy atom. The maximum Gasteiger partial charge on any atom is 0.225 e. The van der Waals surface area contributed by atoms with Gasteiger partial charge in [-0.1, -0.05) is 36.4 Å². The summed E-state index contributed by atoms with van der Waals surface area (Å²) in [6.07, 6.45) is 4.08. The van der Waals surface area contributed by atoms with E-state index in [4.69, 9.17) is 10.5 Å². The third kappa shape index (κ3) is 4.14. The Kier molecular flexibility index (Phi) is 5.31. The highest BCUT2D eigenvalue weighted by molar-refractivity contribution is 5.85. The fourth-order valence-electron chi connectivity index (χ4n) is 4.33. The quantitative estimate of drug-likeness (QED) is 0.819. The van der Waals surface area contributed by atoms with Crippen LogP contribution in [0.5, 0.6) is 5.75 Å². The number of benzene rings is 2. The van der Waals surface area contributed by atoms with E-state index >= 15 is 0 Å². The minimum atomic E-state index is -0.676. The molecule has 1 saturated heterocycles. The molecule has 29 heavy (non-hydrogen) atoms. The molecule has 152 valence electrons. The minimum Gasteiger partial charge on any atom is -0.497 e. The van der Waals surface area contributed by atoms with Crippen LogP contribution in [0.25, 0.3) is 11.1 Å². The fraction of sp³-hybridized carbons (Fsp3) is 0.417. The highest BCUT2D eigenvalue weighted by Gasteiger charge is 2.44. The van der Waals surface area contributed by atoms with E-state index < -0.39 is 5.41 Å². The fourth-order valence-corrected chi connectivity index (χ4v) is 4.33. The molecule has 2 aliphatic rings. The van der Waals surface area contributed by atoms with Crippen molar-refractivity contribution in [2.75, 3.05) is 20.2 Å². The van der Waals surface area contributed by atoms with Gasteiger partial charge in [0.1, 0.15) is 5.75 Å². The molecule has 2 fully saturated rings. The lowest BCUT2D eigenvalue weighted by Gasteiger charge is -2.41. The molecule has 5 heteroatoms. The van der Waals surface area contributed by atoms with Crippen LogP contribution in [0.3, 0.4) is 0 Å². The standard InChI is InChI=1S/C24H28N2O3/c1-29-21-11-9-19(10-12-21)18-5-3-17(4-6-18)15-24(23(25)28)13-2-14-26(16-24)22(27)20-7-8-20/h3-6,9-12,20H,2,7-8,13-16H2,1H3,(H2,25,28). The van der Waals surface area contributed by atoms with Crippen LogP contribution in [0.4, 0.5) is 0 Å². The van der Waals surface area contributed by atoms with Gasteiger partial charge in [-0.15, -0.1) is 0 Å². The number of rotatable bonds is 6. The first-order chi connectivity index (χ1) is 14.0. The molecule has 2 amide bonds. The molecule has 2 aromatic rings. The normalized spacial score (nSPS) is 21.6. The molecular formula is C24H28N2O3. The van der Waals surface area contributed by atoms with Crippen molar-refractivity contribution in [3.8, 4) is 16.9 Å². The average Bonchev–Trinajstić information content (AvgIpc) is 3.59. The van der Waals surface area contributed by atoms with E-state index in [0.29, 0.717) is 13.0 Å². The van der Waals surface area contributed by atoms with Crippen LogP contribution in [0.15, 0.2) is 48.5 Å². The van der Waals surface area contributed by atoms with E-state index in [-0.39, 0.29) is 17.7 Å². The van der Waals surface area contributed by atoms with Crippen LogP contribution in [0, 0.1) is 11.3 Å². The van der Waals surface area contributed by atoms with Gasteiger partial charge >= 0.3 is 0 Å². The summed E-state index contributed by atoms with van der Waals surface area (Å²) in [7, 11) is 1.66. The number of amides is 2. The number of likely N-dealkylation sites (tertiary alicyclic amines) is 1. The Bertz CT molecular complexity index is 887. The van der Waals surface area contributed by atoms with Gasteiger partial charge in [0, 0.05) is 19.0 Å². The third-order valence-corrected chi connectivity index (χ3v) is 6.26. The summed E-state index contributed by atoms with van der Waals surface area (Å²) >= 11 is 0. The Labute approximate surface area is 171 Å². The Morgan fingerprint density at radius 2 is 1.69 bits per heavy atom. The molecule has 2 N–H and O–H groups in total. The van der Waals surface area contributed by atoms with E-state index in [1.165, 1.54) is 0 Å². The smallest absolute Gasteiger partial charge is 0.225 e. The van der Waals surface area contributed by atoms with E-state index in [2.05, 4.69) is 24.3 Å². The van der Waals surface area contributed by atoms with Crippen LogP contribution in [0.1, 0.15) is 31.2 Å². The summed E-state index contributed by atoms with van der Waals surface area (Å²) in [6, 6.07) is 16.2. The molecular weight excluding hydrogens is 364 g/mol. The van der Waals surface area contributed by atoms with E-state index in [1.54, 1.807) is 7.11 Å². The van der Waals surface area contributed by atoms with Crippen molar-refractivity contribution in [3.05, 3.63) is 54.1 Å².